The van der Waals surface area contributed by atoms with Crippen LogP contribution in [0.1, 0.15) is 29.8 Å². The van der Waals surface area contributed by atoms with E-state index in [9.17, 15) is 9.59 Å². The van der Waals surface area contributed by atoms with Crippen LogP contribution in [0, 0.1) is 0 Å². The van der Waals surface area contributed by atoms with Crippen molar-refractivity contribution in [3.8, 4) is 0 Å². The van der Waals surface area contributed by atoms with Crippen LogP contribution in [-0.2, 0) is 20.8 Å². The Hall–Kier alpha value is -1.88. The number of rotatable bonds is 6. The molecule has 0 aromatic heterocycles. The lowest BCUT2D eigenvalue weighted by Gasteiger charge is -2.13. The Morgan fingerprint density at radius 3 is 2.60 bits per heavy atom. The van der Waals surface area contributed by atoms with Crippen molar-refractivity contribution < 1.29 is 19.1 Å². The van der Waals surface area contributed by atoms with Gasteiger partial charge in [0.1, 0.15) is 0 Å². The molecule has 0 aliphatic heterocycles. The van der Waals surface area contributed by atoms with Crippen molar-refractivity contribution >= 4 is 11.9 Å². The molecule has 110 valence electrons. The van der Waals surface area contributed by atoms with E-state index in [1.54, 1.807) is 25.1 Å². The SMILES string of the molecule is CCOC(=O)[C@H](C)OC(=O)c1cccc(CN(C)C)c1. The molecular weight excluding hydrogens is 258 g/mol. The zero-order chi connectivity index (χ0) is 15.1. The van der Waals surface area contributed by atoms with Crippen LogP contribution in [0.15, 0.2) is 24.3 Å². The van der Waals surface area contributed by atoms with Gasteiger partial charge in [0.25, 0.3) is 0 Å². The molecule has 0 saturated heterocycles. The lowest BCUT2D eigenvalue weighted by atomic mass is 10.1. The summed E-state index contributed by atoms with van der Waals surface area (Å²) in [5.41, 5.74) is 1.44. The third kappa shape index (κ3) is 5.01. The highest BCUT2D eigenvalue weighted by molar-refractivity contribution is 5.91. The van der Waals surface area contributed by atoms with Crippen molar-refractivity contribution in [2.45, 2.75) is 26.5 Å². The zero-order valence-electron chi connectivity index (χ0n) is 12.4. The Kier molecular flexibility index (Phi) is 6.18. The van der Waals surface area contributed by atoms with Crippen LogP contribution >= 0.6 is 0 Å². The molecular formula is C15H21NO4. The summed E-state index contributed by atoms with van der Waals surface area (Å²) in [6.07, 6.45) is -0.903. The molecule has 0 aliphatic rings. The van der Waals surface area contributed by atoms with E-state index >= 15 is 0 Å². The normalized spacial score (nSPS) is 12.1. The third-order valence-electron chi connectivity index (χ3n) is 2.56. The number of benzene rings is 1. The molecule has 1 aromatic carbocycles. The second-order valence-corrected chi connectivity index (χ2v) is 4.74. The number of hydrogen-bond donors (Lipinski definition) is 0. The fourth-order valence-electron chi connectivity index (χ4n) is 1.70. The topological polar surface area (TPSA) is 55.8 Å². The molecule has 0 bridgehead atoms. The van der Waals surface area contributed by atoms with Crippen molar-refractivity contribution in [1.29, 1.82) is 0 Å². The van der Waals surface area contributed by atoms with E-state index in [1.807, 2.05) is 25.1 Å². The minimum Gasteiger partial charge on any atom is -0.463 e. The Morgan fingerprint density at radius 1 is 1.30 bits per heavy atom. The van der Waals surface area contributed by atoms with Crippen molar-refractivity contribution in [2.24, 2.45) is 0 Å². The number of carbonyl (C=O) groups excluding carboxylic acids is 2. The van der Waals surface area contributed by atoms with Crippen LogP contribution in [-0.4, -0.2) is 43.6 Å². The predicted octanol–water partition coefficient (Wildman–Crippen LogP) is 1.86. The lowest BCUT2D eigenvalue weighted by molar-refractivity contribution is -0.152. The van der Waals surface area contributed by atoms with Crippen LogP contribution in [0.25, 0.3) is 0 Å². The molecule has 0 saturated carbocycles. The molecule has 0 radical (unpaired) electrons. The molecule has 0 N–H and O–H groups in total. The molecule has 0 fully saturated rings. The molecule has 0 heterocycles. The maximum Gasteiger partial charge on any atom is 0.347 e. The molecule has 5 nitrogen and oxygen atoms in total. The molecule has 1 aromatic rings. The summed E-state index contributed by atoms with van der Waals surface area (Å²) in [7, 11) is 3.90. The van der Waals surface area contributed by atoms with Crippen molar-refractivity contribution in [1.82, 2.24) is 4.90 Å². The van der Waals surface area contributed by atoms with Crippen molar-refractivity contribution in [3.63, 3.8) is 0 Å². The number of hydrogen-bond acceptors (Lipinski definition) is 5. The van der Waals surface area contributed by atoms with E-state index in [1.165, 1.54) is 6.92 Å². The first kappa shape index (κ1) is 16.2. The van der Waals surface area contributed by atoms with Gasteiger partial charge in [-0.25, -0.2) is 9.59 Å². The van der Waals surface area contributed by atoms with E-state index < -0.39 is 18.0 Å². The number of carbonyl (C=O) groups is 2. The number of nitrogens with zero attached hydrogens (tertiary/aromatic N) is 1. The molecule has 5 heteroatoms. The largest absolute Gasteiger partial charge is 0.463 e. The maximum absolute atomic E-state index is 12.0. The summed E-state index contributed by atoms with van der Waals surface area (Å²) in [4.78, 5) is 25.4. The molecule has 20 heavy (non-hydrogen) atoms. The van der Waals surface area contributed by atoms with Crippen LogP contribution in [0.4, 0.5) is 0 Å². The summed E-state index contributed by atoms with van der Waals surface area (Å²) < 4.78 is 9.88. The summed E-state index contributed by atoms with van der Waals surface area (Å²) in [6, 6.07) is 7.16. The van der Waals surface area contributed by atoms with Gasteiger partial charge in [-0.15, -0.1) is 0 Å². The first-order valence-electron chi connectivity index (χ1n) is 6.55. The predicted molar refractivity (Wildman–Crippen MR) is 75.3 cm³/mol. The second-order valence-electron chi connectivity index (χ2n) is 4.74. The molecule has 1 rings (SSSR count). The van der Waals surface area contributed by atoms with E-state index in [0.29, 0.717) is 5.56 Å². The summed E-state index contributed by atoms with van der Waals surface area (Å²) >= 11 is 0. The van der Waals surface area contributed by atoms with Gasteiger partial charge in [0.2, 0.25) is 0 Å². The van der Waals surface area contributed by atoms with Gasteiger partial charge < -0.3 is 14.4 Å². The highest BCUT2D eigenvalue weighted by Crippen LogP contribution is 2.10. The Labute approximate surface area is 119 Å². The second kappa shape index (κ2) is 7.65. The van der Waals surface area contributed by atoms with Crippen LogP contribution < -0.4 is 0 Å². The first-order chi connectivity index (χ1) is 9.43. The molecule has 0 unspecified atom stereocenters. The highest BCUT2D eigenvalue weighted by Gasteiger charge is 2.19. The van der Waals surface area contributed by atoms with Gasteiger partial charge in [0.15, 0.2) is 6.10 Å². The standard InChI is InChI=1S/C15H21NO4/c1-5-19-14(17)11(2)20-15(18)13-8-6-7-12(9-13)10-16(3)4/h6-9,11H,5,10H2,1-4H3/t11-/m0/s1. The number of esters is 2. The quantitative estimate of drug-likeness (QED) is 0.744. The van der Waals surface area contributed by atoms with Crippen LogP contribution in [0.5, 0.6) is 0 Å². The van der Waals surface area contributed by atoms with Gasteiger partial charge in [0.05, 0.1) is 12.2 Å². The smallest absolute Gasteiger partial charge is 0.347 e. The Bertz CT molecular complexity index is 471. The average molecular weight is 279 g/mol. The highest BCUT2D eigenvalue weighted by atomic mass is 16.6. The van der Waals surface area contributed by atoms with Gasteiger partial charge >= 0.3 is 11.9 Å². The fourth-order valence-corrected chi connectivity index (χ4v) is 1.70. The fraction of sp³-hybridized carbons (Fsp3) is 0.467. The van der Waals surface area contributed by atoms with Gasteiger partial charge in [0, 0.05) is 6.54 Å². The van der Waals surface area contributed by atoms with Gasteiger partial charge in [-0.3, -0.25) is 0 Å². The molecule has 0 aliphatic carbocycles. The molecule has 0 spiro atoms. The monoisotopic (exact) mass is 279 g/mol. The Morgan fingerprint density at radius 2 is 2.00 bits per heavy atom. The minimum absolute atomic E-state index is 0.263. The Balaban J connectivity index is 2.70. The van der Waals surface area contributed by atoms with E-state index in [2.05, 4.69) is 0 Å². The average Bonchev–Trinajstić information content (AvgIpc) is 2.38. The first-order valence-corrected chi connectivity index (χ1v) is 6.55. The summed E-state index contributed by atoms with van der Waals surface area (Å²) in [5.74, 6) is -1.06. The molecule has 1 atom stereocenters. The number of ether oxygens (including phenoxy) is 2. The minimum atomic E-state index is -0.903. The van der Waals surface area contributed by atoms with Gasteiger partial charge in [-0.1, -0.05) is 12.1 Å². The van der Waals surface area contributed by atoms with Crippen molar-refractivity contribution in [3.05, 3.63) is 35.4 Å². The van der Waals surface area contributed by atoms with Crippen LogP contribution in [0.2, 0.25) is 0 Å². The van der Waals surface area contributed by atoms with Crippen LogP contribution in [0.3, 0.4) is 0 Å². The maximum atomic E-state index is 12.0. The summed E-state index contributed by atoms with van der Waals surface area (Å²) in [5, 5.41) is 0. The van der Waals surface area contributed by atoms with E-state index in [-0.39, 0.29) is 6.61 Å². The van der Waals surface area contributed by atoms with E-state index in [4.69, 9.17) is 9.47 Å². The van der Waals surface area contributed by atoms with Gasteiger partial charge in [-0.05, 0) is 45.6 Å². The zero-order valence-corrected chi connectivity index (χ0v) is 12.4. The van der Waals surface area contributed by atoms with Crippen molar-refractivity contribution in [2.75, 3.05) is 20.7 Å². The van der Waals surface area contributed by atoms with Gasteiger partial charge in [-0.2, -0.15) is 0 Å². The molecule has 0 amide bonds. The van der Waals surface area contributed by atoms with E-state index in [0.717, 1.165) is 12.1 Å². The summed E-state index contributed by atoms with van der Waals surface area (Å²) in [6.45, 7) is 4.20. The third-order valence-corrected chi connectivity index (χ3v) is 2.56. The lowest BCUT2D eigenvalue weighted by Crippen LogP contribution is -2.26.